The predicted octanol–water partition coefficient (Wildman–Crippen LogP) is 5.71. The average Bonchev–Trinajstić information content (AvgIpc) is 3.65. The van der Waals surface area contributed by atoms with Gasteiger partial charge in [-0.25, -0.2) is 4.98 Å². The van der Waals surface area contributed by atoms with Crippen LogP contribution in [-0.4, -0.2) is 39.2 Å². The van der Waals surface area contributed by atoms with Crippen molar-refractivity contribution >= 4 is 50.1 Å². The lowest BCUT2D eigenvalue weighted by Gasteiger charge is -2.25. The number of piperidine rings is 1. The topological polar surface area (TPSA) is 97.0 Å². The number of benzene rings is 1. The van der Waals surface area contributed by atoms with Crippen LogP contribution in [0.4, 0.5) is 11.1 Å². The molecule has 0 unspecified atom stereocenters. The van der Waals surface area contributed by atoms with Crippen molar-refractivity contribution in [2.45, 2.75) is 19.3 Å². The van der Waals surface area contributed by atoms with E-state index >= 15 is 0 Å². The van der Waals surface area contributed by atoms with Crippen LogP contribution in [0.15, 0.2) is 57.6 Å². The zero-order valence-corrected chi connectivity index (χ0v) is 19.7. The Morgan fingerprint density at radius 1 is 1.00 bits per heavy atom. The SMILES string of the molecule is O=C(Nc1nnc(-c2ccsc2)o1)c1cc(-c2ccccc2)nc2nc(N3CCCCC3)sc12. The maximum absolute atomic E-state index is 13.4. The van der Waals surface area contributed by atoms with Crippen molar-refractivity contribution < 1.29 is 9.21 Å². The minimum Gasteiger partial charge on any atom is -0.403 e. The van der Waals surface area contributed by atoms with Crippen LogP contribution in [0.2, 0.25) is 0 Å². The summed E-state index contributed by atoms with van der Waals surface area (Å²) in [6, 6.07) is 13.5. The number of aromatic nitrogens is 4. The number of amides is 1. The summed E-state index contributed by atoms with van der Waals surface area (Å²) < 4.78 is 6.41. The average molecular weight is 489 g/mol. The van der Waals surface area contributed by atoms with Crippen molar-refractivity contribution in [3.63, 3.8) is 0 Å². The van der Waals surface area contributed by atoms with E-state index in [1.165, 1.54) is 29.1 Å². The molecule has 0 aliphatic carbocycles. The second kappa shape index (κ2) is 8.96. The lowest BCUT2D eigenvalue weighted by molar-refractivity contribution is 0.102. The highest BCUT2D eigenvalue weighted by Crippen LogP contribution is 2.34. The molecule has 1 amide bonds. The molecule has 8 nitrogen and oxygen atoms in total. The molecule has 0 atom stereocenters. The van der Waals surface area contributed by atoms with Gasteiger partial charge in [0.05, 0.1) is 16.0 Å². The summed E-state index contributed by atoms with van der Waals surface area (Å²) in [5.41, 5.74) is 3.49. The number of rotatable bonds is 5. The quantitative estimate of drug-likeness (QED) is 0.338. The van der Waals surface area contributed by atoms with Gasteiger partial charge < -0.3 is 9.32 Å². The zero-order valence-electron chi connectivity index (χ0n) is 18.1. The van der Waals surface area contributed by atoms with E-state index in [9.17, 15) is 4.79 Å². The third-order valence-corrected chi connectivity index (χ3v) is 7.53. The molecular weight excluding hydrogens is 468 g/mol. The van der Waals surface area contributed by atoms with Gasteiger partial charge >= 0.3 is 6.01 Å². The first-order chi connectivity index (χ1) is 16.7. The number of nitrogens with one attached hydrogen (secondary N) is 1. The molecule has 1 N–H and O–H groups in total. The van der Waals surface area contributed by atoms with Crippen LogP contribution in [0.3, 0.4) is 0 Å². The summed E-state index contributed by atoms with van der Waals surface area (Å²) in [5, 5.41) is 15.5. The summed E-state index contributed by atoms with van der Waals surface area (Å²) >= 11 is 3.04. The summed E-state index contributed by atoms with van der Waals surface area (Å²) in [6.45, 7) is 1.94. The summed E-state index contributed by atoms with van der Waals surface area (Å²) in [4.78, 5) is 25.3. The molecule has 10 heteroatoms. The van der Waals surface area contributed by atoms with Crippen LogP contribution in [0, 0.1) is 0 Å². The van der Waals surface area contributed by atoms with Crippen LogP contribution in [0.1, 0.15) is 29.6 Å². The van der Waals surface area contributed by atoms with E-state index in [1.54, 1.807) is 6.07 Å². The van der Waals surface area contributed by atoms with Crippen molar-refractivity contribution in [2.24, 2.45) is 0 Å². The fraction of sp³-hybridized carbons (Fsp3) is 0.208. The third-order valence-electron chi connectivity index (χ3n) is 5.70. The van der Waals surface area contributed by atoms with Gasteiger partial charge in [0.2, 0.25) is 0 Å². The van der Waals surface area contributed by atoms with Gasteiger partial charge in [0, 0.05) is 29.6 Å². The molecule has 0 saturated carbocycles. The number of thiophene rings is 1. The number of pyridine rings is 1. The monoisotopic (exact) mass is 488 g/mol. The van der Waals surface area contributed by atoms with Gasteiger partial charge in [0.25, 0.3) is 11.8 Å². The number of nitrogens with zero attached hydrogens (tertiary/aromatic N) is 5. The Hall–Kier alpha value is -3.63. The molecule has 5 aromatic rings. The summed E-state index contributed by atoms with van der Waals surface area (Å²) in [6.07, 6.45) is 3.54. The Kier molecular flexibility index (Phi) is 5.52. The second-order valence-corrected chi connectivity index (χ2v) is 9.75. The molecule has 34 heavy (non-hydrogen) atoms. The normalized spacial score (nSPS) is 13.9. The molecule has 6 rings (SSSR count). The van der Waals surface area contributed by atoms with Gasteiger partial charge in [-0.15, -0.1) is 5.10 Å². The van der Waals surface area contributed by atoms with E-state index < -0.39 is 0 Å². The van der Waals surface area contributed by atoms with Gasteiger partial charge in [-0.2, -0.15) is 16.3 Å². The van der Waals surface area contributed by atoms with Crippen molar-refractivity contribution in [2.75, 3.05) is 23.3 Å². The molecule has 1 aromatic carbocycles. The number of hydrogen-bond acceptors (Lipinski definition) is 9. The van der Waals surface area contributed by atoms with Gasteiger partial charge in [-0.1, -0.05) is 46.8 Å². The highest BCUT2D eigenvalue weighted by atomic mass is 32.1. The van der Waals surface area contributed by atoms with Crippen LogP contribution >= 0.6 is 22.7 Å². The first-order valence-corrected chi connectivity index (χ1v) is 12.8. The van der Waals surface area contributed by atoms with E-state index in [-0.39, 0.29) is 11.9 Å². The van der Waals surface area contributed by atoms with Crippen molar-refractivity contribution in [1.29, 1.82) is 0 Å². The minimum atomic E-state index is -0.334. The number of carbonyl (C=O) groups excluding carboxylic acids is 1. The van der Waals surface area contributed by atoms with E-state index in [1.807, 2.05) is 47.2 Å². The molecule has 4 aromatic heterocycles. The van der Waals surface area contributed by atoms with Crippen molar-refractivity contribution in [1.82, 2.24) is 20.2 Å². The molecule has 1 aliphatic heterocycles. The molecule has 1 saturated heterocycles. The Balaban J connectivity index is 1.38. The number of fused-ring (bicyclic) bond motifs is 1. The highest BCUT2D eigenvalue weighted by molar-refractivity contribution is 7.22. The lowest BCUT2D eigenvalue weighted by Crippen LogP contribution is -2.29. The second-order valence-electron chi connectivity index (χ2n) is 8.00. The van der Waals surface area contributed by atoms with Gasteiger partial charge in [-0.05, 0) is 36.8 Å². The molecule has 1 fully saturated rings. The fourth-order valence-electron chi connectivity index (χ4n) is 3.99. The largest absolute Gasteiger partial charge is 0.403 e. The van der Waals surface area contributed by atoms with Crippen LogP contribution in [0.5, 0.6) is 0 Å². The van der Waals surface area contributed by atoms with E-state index in [2.05, 4.69) is 20.4 Å². The molecular formula is C24H20N6O2S2. The fourth-order valence-corrected chi connectivity index (χ4v) is 5.69. The standard InChI is InChI=1S/C24H20N6O2S2/c31-21(27-23-29-28-22(32-23)16-9-12-33-14-16)17-13-18(15-7-3-1-4-8-15)25-20-19(17)34-24(26-20)30-10-5-2-6-11-30/h1,3-4,7-9,12-14H,2,5-6,10-11H2,(H,27,29,31). The van der Waals surface area contributed by atoms with Gasteiger partial charge in [0.15, 0.2) is 10.8 Å². The maximum Gasteiger partial charge on any atom is 0.322 e. The molecule has 5 heterocycles. The zero-order chi connectivity index (χ0) is 22.9. The Morgan fingerprint density at radius 2 is 1.85 bits per heavy atom. The summed E-state index contributed by atoms with van der Waals surface area (Å²) in [7, 11) is 0. The van der Waals surface area contributed by atoms with E-state index in [0.29, 0.717) is 22.8 Å². The smallest absolute Gasteiger partial charge is 0.322 e. The van der Waals surface area contributed by atoms with Crippen LogP contribution in [-0.2, 0) is 0 Å². The van der Waals surface area contributed by atoms with Crippen molar-refractivity contribution in [3.05, 3.63) is 58.8 Å². The van der Waals surface area contributed by atoms with Gasteiger partial charge in [-0.3, -0.25) is 10.1 Å². The van der Waals surface area contributed by atoms with Crippen LogP contribution < -0.4 is 10.2 Å². The molecule has 0 bridgehead atoms. The van der Waals surface area contributed by atoms with Gasteiger partial charge in [0.1, 0.15) is 0 Å². The third kappa shape index (κ3) is 4.06. The highest BCUT2D eigenvalue weighted by Gasteiger charge is 2.22. The first kappa shape index (κ1) is 20.9. The number of anilines is 2. The molecule has 1 aliphatic rings. The first-order valence-electron chi connectivity index (χ1n) is 11.0. The Bertz CT molecular complexity index is 1440. The van der Waals surface area contributed by atoms with E-state index in [0.717, 1.165) is 46.9 Å². The maximum atomic E-state index is 13.4. The van der Waals surface area contributed by atoms with E-state index in [4.69, 9.17) is 14.4 Å². The lowest BCUT2D eigenvalue weighted by atomic mass is 10.1. The minimum absolute atomic E-state index is 0.0539. The Labute approximate surface area is 203 Å². The molecule has 0 spiro atoms. The van der Waals surface area contributed by atoms with Crippen LogP contribution in [0.25, 0.3) is 33.1 Å². The van der Waals surface area contributed by atoms with Crippen molar-refractivity contribution in [3.8, 4) is 22.7 Å². The number of carbonyl (C=O) groups is 1. The molecule has 0 radical (unpaired) electrons. The predicted molar refractivity (Wildman–Crippen MR) is 134 cm³/mol. The Morgan fingerprint density at radius 3 is 2.65 bits per heavy atom. The number of thiazole rings is 1. The summed E-state index contributed by atoms with van der Waals surface area (Å²) in [5.74, 6) is 0.0329. The molecule has 170 valence electrons. The number of hydrogen-bond donors (Lipinski definition) is 1.